The Kier molecular flexibility index (Phi) is 3.60. The van der Waals surface area contributed by atoms with E-state index in [0.717, 1.165) is 16.6 Å². The quantitative estimate of drug-likeness (QED) is 0.806. The topological polar surface area (TPSA) is 68.0 Å². The van der Waals surface area contributed by atoms with Gasteiger partial charge in [-0.1, -0.05) is 0 Å². The lowest BCUT2D eigenvalue weighted by atomic mass is 10.0. The fourth-order valence-electron chi connectivity index (χ4n) is 2.88. The molecule has 2 heterocycles. The zero-order valence-corrected chi connectivity index (χ0v) is 13.1. The maximum Gasteiger partial charge on any atom is 0.307 e. The SMILES string of the molecule is Cc1nc2c(c(C)nn2-c2ccc(F)cc2)c(C)c1CC(=O)O. The van der Waals surface area contributed by atoms with Crippen LogP contribution in [0.4, 0.5) is 4.39 Å². The van der Waals surface area contributed by atoms with E-state index in [-0.39, 0.29) is 12.2 Å². The largest absolute Gasteiger partial charge is 0.481 e. The summed E-state index contributed by atoms with van der Waals surface area (Å²) in [5, 5.41) is 14.4. The first-order valence-corrected chi connectivity index (χ1v) is 7.21. The van der Waals surface area contributed by atoms with E-state index >= 15 is 0 Å². The van der Waals surface area contributed by atoms with Crippen molar-refractivity contribution in [2.75, 3.05) is 0 Å². The Labute approximate surface area is 132 Å². The minimum Gasteiger partial charge on any atom is -0.481 e. The summed E-state index contributed by atoms with van der Waals surface area (Å²) in [7, 11) is 0. The molecule has 3 aromatic rings. The minimum absolute atomic E-state index is 0.0677. The Morgan fingerprint density at radius 1 is 1.17 bits per heavy atom. The van der Waals surface area contributed by atoms with Crippen LogP contribution in [0, 0.1) is 26.6 Å². The van der Waals surface area contributed by atoms with Gasteiger partial charge in [-0.25, -0.2) is 14.1 Å². The van der Waals surface area contributed by atoms with Crippen LogP contribution in [0.5, 0.6) is 0 Å². The summed E-state index contributed by atoms with van der Waals surface area (Å²) in [5.74, 6) is -1.20. The number of aliphatic carboxylic acids is 1. The Hall–Kier alpha value is -2.76. The zero-order chi connectivity index (χ0) is 16.7. The second kappa shape index (κ2) is 5.46. The number of nitrogens with zero attached hydrogens (tertiary/aromatic N) is 3. The molecule has 0 atom stereocenters. The van der Waals surface area contributed by atoms with Gasteiger partial charge in [-0.3, -0.25) is 4.79 Å². The molecule has 2 aromatic heterocycles. The molecular formula is C17H16FN3O2. The maximum atomic E-state index is 13.1. The fraction of sp³-hybridized carbons (Fsp3) is 0.235. The monoisotopic (exact) mass is 313 g/mol. The highest BCUT2D eigenvalue weighted by atomic mass is 19.1. The third kappa shape index (κ3) is 2.56. The summed E-state index contributed by atoms with van der Waals surface area (Å²) in [6, 6.07) is 6.02. The Morgan fingerprint density at radius 2 is 1.83 bits per heavy atom. The molecule has 3 rings (SSSR count). The Morgan fingerprint density at radius 3 is 2.43 bits per heavy atom. The molecule has 0 aliphatic rings. The van der Waals surface area contributed by atoms with Crippen LogP contribution in [-0.2, 0) is 11.2 Å². The molecule has 0 aliphatic heterocycles. The van der Waals surface area contributed by atoms with Crippen molar-refractivity contribution in [1.29, 1.82) is 0 Å². The van der Waals surface area contributed by atoms with Crippen molar-refractivity contribution in [3.05, 3.63) is 52.6 Å². The molecule has 1 aromatic carbocycles. The number of carboxylic acids is 1. The number of benzene rings is 1. The van der Waals surface area contributed by atoms with Gasteiger partial charge < -0.3 is 5.11 Å². The van der Waals surface area contributed by atoms with Crippen molar-refractivity contribution in [2.24, 2.45) is 0 Å². The van der Waals surface area contributed by atoms with Gasteiger partial charge in [0.2, 0.25) is 0 Å². The lowest BCUT2D eigenvalue weighted by molar-refractivity contribution is -0.136. The summed E-state index contributed by atoms with van der Waals surface area (Å²) in [6.07, 6.45) is -0.0677. The van der Waals surface area contributed by atoms with Gasteiger partial charge in [-0.05, 0) is 56.2 Å². The van der Waals surface area contributed by atoms with Crippen molar-refractivity contribution >= 4 is 17.0 Å². The van der Waals surface area contributed by atoms with Crippen molar-refractivity contribution < 1.29 is 14.3 Å². The number of fused-ring (bicyclic) bond motifs is 1. The number of pyridine rings is 1. The van der Waals surface area contributed by atoms with Crippen LogP contribution in [0.2, 0.25) is 0 Å². The van der Waals surface area contributed by atoms with Gasteiger partial charge in [0.15, 0.2) is 5.65 Å². The van der Waals surface area contributed by atoms with E-state index in [9.17, 15) is 9.18 Å². The Bertz CT molecular complexity index is 914. The third-order valence-corrected chi connectivity index (χ3v) is 3.97. The smallest absolute Gasteiger partial charge is 0.307 e. The van der Waals surface area contributed by atoms with Crippen LogP contribution in [0.25, 0.3) is 16.7 Å². The van der Waals surface area contributed by atoms with Gasteiger partial charge >= 0.3 is 5.97 Å². The van der Waals surface area contributed by atoms with Crippen molar-refractivity contribution in [1.82, 2.24) is 14.8 Å². The first-order chi connectivity index (χ1) is 10.9. The molecule has 0 aliphatic carbocycles. The van der Waals surface area contributed by atoms with Crippen LogP contribution in [0.1, 0.15) is 22.5 Å². The Balaban J connectivity index is 2.27. The average Bonchev–Trinajstić information content (AvgIpc) is 2.81. The highest BCUT2D eigenvalue weighted by Crippen LogP contribution is 2.27. The van der Waals surface area contributed by atoms with E-state index in [0.29, 0.717) is 22.6 Å². The zero-order valence-electron chi connectivity index (χ0n) is 13.1. The van der Waals surface area contributed by atoms with Crippen molar-refractivity contribution in [3.63, 3.8) is 0 Å². The molecule has 0 amide bonds. The summed E-state index contributed by atoms with van der Waals surface area (Å²) in [6.45, 7) is 5.54. The molecule has 6 heteroatoms. The predicted octanol–water partition coefficient (Wildman–Crippen LogP) is 3.11. The molecule has 118 valence electrons. The first kappa shape index (κ1) is 15.1. The maximum absolute atomic E-state index is 13.1. The van der Waals surface area contributed by atoms with Crippen molar-refractivity contribution in [3.8, 4) is 5.69 Å². The van der Waals surface area contributed by atoms with Gasteiger partial charge in [0.05, 0.1) is 17.8 Å². The number of hydrogen-bond acceptors (Lipinski definition) is 3. The van der Waals surface area contributed by atoms with Gasteiger partial charge in [-0.2, -0.15) is 5.10 Å². The molecule has 23 heavy (non-hydrogen) atoms. The lowest BCUT2D eigenvalue weighted by Crippen LogP contribution is -2.07. The second-order valence-corrected chi connectivity index (χ2v) is 5.54. The summed E-state index contributed by atoms with van der Waals surface area (Å²) >= 11 is 0. The number of aromatic nitrogens is 3. The van der Waals surface area contributed by atoms with Gasteiger partial charge in [-0.15, -0.1) is 0 Å². The molecule has 0 bridgehead atoms. The average molecular weight is 313 g/mol. The highest BCUT2D eigenvalue weighted by molar-refractivity contribution is 5.86. The molecule has 5 nitrogen and oxygen atoms in total. The number of aryl methyl sites for hydroxylation is 3. The van der Waals surface area contributed by atoms with Crippen LogP contribution >= 0.6 is 0 Å². The van der Waals surface area contributed by atoms with E-state index in [1.807, 2.05) is 13.8 Å². The lowest BCUT2D eigenvalue weighted by Gasteiger charge is -2.10. The van der Waals surface area contributed by atoms with E-state index in [4.69, 9.17) is 5.11 Å². The summed E-state index contributed by atoms with van der Waals surface area (Å²) in [4.78, 5) is 15.6. The normalized spacial score (nSPS) is 11.1. The molecular weight excluding hydrogens is 297 g/mol. The minimum atomic E-state index is -0.888. The summed E-state index contributed by atoms with van der Waals surface area (Å²) in [5.41, 5.74) is 4.38. The van der Waals surface area contributed by atoms with Gasteiger partial charge in [0.25, 0.3) is 0 Å². The van der Waals surface area contributed by atoms with Crippen LogP contribution < -0.4 is 0 Å². The number of carbonyl (C=O) groups is 1. The van der Waals surface area contributed by atoms with Crippen LogP contribution in [0.15, 0.2) is 24.3 Å². The summed E-state index contributed by atoms with van der Waals surface area (Å²) < 4.78 is 14.8. The third-order valence-electron chi connectivity index (χ3n) is 3.97. The molecule has 0 saturated carbocycles. The molecule has 0 spiro atoms. The van der Waals surface area contributed by atoms with E-state index in [1.54, 1.807) is 23.7 Å². The van der Waals surface area contributed by atoms with E-state index in [1.165, 1.54) is 12.1 Å². The number of hydrogen-bond donors (Lipinski definition) is 1. The number of rotatable bonds is 3. The standard InChI is InChI=1S/C17H16FN3O2/c1-9-14(8-15(22)23)10(2)19-17-16(9)11(3)20-21(17)13-6-4-12(18)5-7-13/h4-7H,8H2,1-3H3,(H,22,23). The van der Waals surface area contributed by atoms with Crippen molar-refractivity contribution in [2.45, 2.75) is 27.2 Å². The predicted molar refractivity (Wildman–Crippen MR) is 84.4 cm³/mol. The molecule has 0 fully saturated rings. The van der Waals surface area contributed by atoms with Gasteiger partial charge in [0.1, 0.15) is 5.82 Å². The second-order valence-electron chi connectivity index (χ2n) is 5.54. The first-order valence-electron chi connectivity index (χ1n) is 7.21. The molecule has 0 radical (unpaired) electrons. The number of carboxylic acid groups (broad SMARTS) is 1. The van der Waals surface area contributed by atoms with E-state index < -0.39 is 5.97 Å². The van der Waals surface area contributed by atoms with Crippen LogP contribution in [-0.4, -0.2) is 25.8 Å². The fourth-order valence-corrected chi connectivity index (χ4v) is 2.88. The number of halogens is 1. The molecule has 0 saturated heterocycles. The van der Waals surface area contributed by atoms with Crippen LogP contribution in [0.3, 0.4) is 0 Å². The highest BCUT2D eigenvalue weighted by Gasteiger charge is 2.18. The van der Waals surface area contributed by atoms with Gasteiger partial charge in [0, 0.05) is 11.1 Å². The molecule has 1 N–H and O–H groups in total. The molecule has 0 unspecified atom stereocenters. The van der Waals surface area contributed by atoms with E-state index in [2.05, 4.69) is 10.1 Å².